The van der Waals surface area contributed by atoms with Crippen molar-refractivity contribution in [3.63, 3.8) is 0 Å². The smallest absolute Gasteiger partial charge is 0.283 e. The minimum atomic E-state index is 0.378. The maximum absolute atomic E-state index is 5.64. The molecule has 0 unspecified atom stereocenters. The third-order valence-corrected chi connectivity index (χ3v) is 4.89. The van der Waals surface area contributed by atoms with Gasteiger partial charge >= 0.3 is 0 Å². The first-order valence-corrected chi connectivity index (χ1v) is 9.23. The molecule has 132 valence electrons. The largest absolute Gasteiger partial charge is 0.459 e. The molecule has 8 heteroatoms. The SMILES string of the molecule is CCn1c(SCc2nnc(-c3ccco3)o2)nnc1-c1ccccc1C. The van der Waals surface area contributed by atoms with Gasteiger partial charge in [0, 0.05) is 12.1 Å². The molecule has 7 nitrogen and oxygen atoms in total. The standard InChI is InChI=1S/C18H17N5O2S/c1-3-23-16(13-8-5-4-7-12(13)2)20-22-18(23)26-11-15-19-21-17(25-15)14-9-6-10-24-14/h4-10H,3,11H2,1-2H3. The van der Waals surface area contributed by atoms with E-state index in [2.05, 4.69) is 50.9 Å². The molecule has 0 fully saturated rings. The van der Waals surface area contributed by atoms with E-state index in [0.29, 0.717) is 23.3 Å². The van der Waals surface area contributed by atoms with Gasteiger partial charge in [-0.2, -0.15) is 0 Å². The van der Waals surface area contributed by atoms with Crippen LogP contribution in [0.15, 0.2) is 56.7 Å². The van der Waals surface area contributed by atoms with Gasteiger partial charge in [0.2, 0.25) is 5.89 Å². The van der Waals surface area contributed by atoms with Crippen molar-refractivity contribution < 1.29 is 8.83 Å². The summed E-state index contributed by atoms with van der Waals surface area (Å²) < 4.78 is 13.0. The normalized spacial score (nSPS) is 11.2. The van der Waals surface area contributed by atoms with E-state index in [4.69, 9.17) is 8.83 Å². The number of nitrogens with zero attached hydrogens (tertiary/aromatic N) is 5. The summed E-state index contributed by atoms with van der Waals surface area (Å²) in [6.45, 7) is 4.93. The highest BCUT2D eigenvalue weighted by Gasteiger charge is 2.16. The van der Waals surface area contributed by atoms with E-state index in [1.165, 1.54) is 17.3 Å². The Morgan fingerprint density at radius 2 is 1.92 bits per heavy atom. The fourth-order valence-electron chi connectivity index (χ4n) is 2.64. The zero-order chi connectivity index (χ0) is 17.9. The number of hydrogen-bond acceptors (Lipinski definition) is 7. The number of aromatic nitrogens is 5. The summed E-state index contributed by atoms with van der Waals surface area (Å²) in [5.41, 5.74) is 2.26. The van der Waals surface area contributed by atoms with Crippen LogP contribution in [0.1, 0.15) is 18.4 Å². The molecule has 0 amide bonds. The molecule has 0 N–H and O–H groups in total. The molecule has 0 aliphatic rings. The molecule has 0 atom stereocenters. The second kappa shape index (κ2) is 7.17. The Hall–Kier alpha value is -2.87. The molecule has 4 rings (SSSR count). The van der Waals surface area contributed by atoms with Crippen LogP contribution in [0, 0.1) is 6.92 Å². The summed E-state index contributed by atoms with van der Waals surface area (Å²) in [5, 5.41) is 17.6. The highest BCUT2D eigenvalue weighted by Crippen LogP contribution is 2.28. The summed E-state index contributed by atoms with van der Waals surface area (Å²) in [5.74, 6) is 2.84. The predicted molar refractivity (Wildman–Crippen MR) is 97.4 cm³/mol. The van der Waals surface area contributed by atoms with Crippen LogP contribution < -0.4 is 0 Å². The van der Waals surface area contributed by atoms with Crippen LogP contribution in [-0.4, -0.2) is 25.0 Å². The fraction of sp³-hybridized carbons (Fsp3) is 0.222. The Bertz CT molecular complexity index is 1010. The van der Waals surface area contributed by atoms with Gasteiger partial charge in [-0.3, -0.25) is 0 Å². The van der Waals surface area contributed by atoms with E-state index in [1.54, 1.807) is 18.4 Å². The average Bonchev–Trinajstić information content (AvgIpc) is 3.39. The minimum Gasteiger partial charge on any atom is -0.459 e. The predicted octanol–water partition coefficient (Wildman–Crippen LogP) is 4.21. The van der Waals surface area contributed by atoms with E-state index in [9.17, 15) is 0 Å². The highest BCUT2D eigenvalue weighted by molar-refractivity contribution is 7.98. The molecule has 0 aliphatic carbocycles. The number of rotatable bonds is 6. The molecule has 3 aromatic heterocycles. The molecular formula is C18H17N5O2S. The van der Waals surface area contributed by atoms with Gasteiger partial charge in [0.1, 0.15) is 0 Å². The van der Waals surface area contributed by atoms with E-state index in [0.717, 1.165) is 23.1 Å². The maximum atomic E-state index is 5.64. The molecule has 1 aromatic carbocycles. The Balaban J connectivity index is 1.53. The third kappa shape index (κ3) is 3.15. The Morgan fingerprint density at radius 3 is 2.69 bits per heavy atom. The molecule has 26 heavy (non-hydrogen) atoms. The Labute approximate surface area is 154 Å². The first-order chi connectivity index (χ1) is 12.8. The summed E-state index contributed by atoms with van der Waals surface area (Å²) in [6, 6.07) is 11.7. The second-order valence-electron chi connectivity index (χ2n) is 5.63. The van der Waals surface area contributed by atoms with Crippen LogP contribution >= 0.6 is 11.8 Å². The van der Waals surface area contributed by atoms with Gasteiger partial charge in [0.05, 0.1) is 12.0 Å². The van der Waals surface area contributed by atoms with E-state index < -0.39 is 0 Å². The van der Waals surface area contributed by atoms with Crippen molar-refractivity contribution in [3.8, 4) is 23.0 Å². The lowest BCUT2D eigenvalue weighted by Gasteiger charge is -2.08. The minimum absolute atomic E-state index is 0.378. The first kappa shape index (κ1) is 16.6. The van der Waals surface area contributed by atoms with Gasteiger partial charge in [-0.25, -0.2) is 0 Å². The lowest BCUT2D eigenvalue weighted by Crippen LogP contribution is -2.00. The van der Waals surface area contributed by atoms with Crippen LogP contribution in [0.4, 0.5) is 0 Å². The second-order valence-corrected chi connectivity index (χ2v) is 6.57. The van der Waals surface area contributed by atoms with Gasteiger partial charge in [-0.1, -0.05) is 36.0 Å². The average molecular weight is 367 g/mol. The first-order valence-electron chi connectivity index (χ1n) is 8.24. The lowest BCUT2D eigenvalue weighted by atomic mass is 10.1. The molecular weight excluding hydrogens is 350 g/mol. The van der Waals surface area contributed by atoms with Crippen molar-refractivity contribution in [1.29, 1.82) is 0 Å². The monoisotopic (exact) mass is 367 g/mol. The Kier molecular flexibility index (Phi) is 4.57. The zero-order valence-corrected chi connectivity index (χ0v) is 15.2. The molecule has 4 aromatic rings. The van der Waals surface area contributed by atoms with Crippen molar-refractivity contribution in [2.45, 2.75) is 31.3 Å². The van der Waals surface area contributed by atoms with Gasteiger partial charge in [0.15, 0.2) is 16.7 Å². The van der Waals surface area contributed by atoms with Crippen LogP contribution in [0.2, 0.25) is 0 Å². The van der Waals surface area contributed by atoms with Crippen molar-refractivity contribution in [1.82, 2.24) is 25.0 Å². The lowest BCUT2D eigenvalue weighted by molar-refractivity contribution is 0.494. The third-order valence-electron chi connectivity index (χ3n) is 3.94. The number of furan rings is 1. The number of thioether (sulfide) groups is 1. The molecule has 0 radical (unpaired) electrons. The van der Waals surface area contributed by atoms with Crippen molar-refractivity contribution >= 4 is 11.8 Å². The molecule has 0 saturated heterocycles. The quantitative estimate of drug-likeness (QED) is 0.472. The topological polar surface area (TPSA) is 82.8 Å². The zero-order valence-electron chi connectivity index (χ0n) is 14.4. The van der Waals surface area contributed by atoms with Gasteiger partial charge in [0.25, 0.3) is 5.89 Å². The van der Waals surface area contributed by atoms with Crippen LogP contribution in [-0.2, 0) is 12.3 Å². The van der Waals surface area contributed by atoms with Crippen molar-refractivity contribution in [2.24, 2.45) is 0 Å². The highest BCUT2D eigenvalue weighted by atomic mass is 32.2. The molecule has 0 saturated carbocycles. The van der Waals surface area contributed by atoms with E-state index in [1.807, 2.05) is 12.1 Å². The Morgan fingerprint density at radius 1 is 1.04 bits per heavy atom. The molecule has 0 aliphatic heterocycles. The summed E-state index contributed by atoms with van der Waals surface area (Å²) in [4.78, 5) is 0. The number of aryl methyl sites for hydroxylation is 1. The van der Waals surface area contributed by atoms with Crippen molar-refractivity contribution in [3.05, 3.63) is 54.1 Å². The van der Waals surface area contributed by atoms with Crippen LogP contribution in [0.3, 0.4) is 0 Å². The van der Waals surface area contributed by atoms with E-state index >= 15 is 0 Å². The maximum Gasteiger partial charge on any atom is 0.283 e. The molecule has 0 bridgehead atoms. The van der Waals surface area contributed by atoms with Gasteiger partial charge < -0.3 is 13.4 Å². The van der Waals surface area contributed by atoms with Gasteiger partial charge in [-0.05, 0) is 31.5 Å². The van der Waals surface area contributed by atoms with Crippen molar-refractivity contribution in [2.75, 3.05) is 0 Å². The van der Waals surface area contributed by atoms with Gasteiger partial charge in [-0.15, -0.1) is 20.4 Å². The summed E-state index contributed by atoms with van der Waals surface area (Å²) in [7, 11) is 0. The van der Waals surface area contributed by atoms with Crippen LogP contribution in [0.5, 0.6) is 0 Å². The molecule has 0 spiro atoms. The summed E-state index contributed by atoms with van der Waals surface area (Å²) >= 11 is 1.52. The van der Waals surface area contributed by atoms with E-state index in [-0.39, 0.29) is 0 Å². The fourth-order valence-corrected chi connectivity index (χ4v) is 3.48. The number of hydrogen-bond donors (Lipinski definition) is 0. The van der Waals surface area contributed by atoms with Crippen LogP contribution in [0.25, 0.3) is 23.0 Å². The summed E-state index contributed by atoms with van der Waals surface area (Å²) in [6.07, 6.45) is 1.57. The molecule has 3 heterocycles. The number of benzene rings is 1.